The van der Waals surface area contributed by atoms with E-state index in [1.54, 1.807) is 23.1 Å². The van der Waals surface area contributed by atoms with Gasteiger partial charge in [0.05, 0.1) is 11.3 Å². The van der Waals surface area contributed by atoms with Gasteiger partial charge in [0.25, 0.3) is 5.91 Å². The molecule has 1 amide bonds. The highest BCUT2D eigenvalue weighted by Crippen LogP contribution is 2.28. The van der Waals surface area contributed by atoms with Crippen molar-refractivity contribution in [3.8, 4) is 0 Å². The number of aryl methyl sites for hydroxylation is 1. The molecule has 21 heavy (non-hydrogen) atoms. The highest BCUT2D eigenvalue weighted by Gasteiger charge is 2.27. The Hall–Kier alpha value is -2.62. The minimum atomic E-state index is -1.01. The van der Waals surface area contributed by atoms with Crippen LogP contribution >= 0.6 is 0 Å². The third-order valence-electron chi connectivity index (χ3n) is 3.77. The molecule has 0 spiro atoms. The molecule has 2 aromatic rings. The molecule has 1 aliphatic rings. The molecule has 1 heterocycles. The Balaban J connectivity index is 2.07. The molecule has 1 N–H and O–H groups in total. The van der Waals surface area contributed by atoms with E-state index in [4.69, 9.17) is 0 Å². The van der Waals surface area contributed by atoms with Crippen LogP contribution < -0.4 is 4.90 Å². The summed E-state index contributed by atoms with van der Waals surface area (Å²) in [6.45, 7) is 2.34. The zero-order valence-electron chi connectivity index (χ0n) is 11.7. The molecule has 0 unspecified atom stereocenters. The Morgan fingerprint density at radius 2 is 1.95 bits per heavy atom. The lowest BCUT2D eigenvalue weighted by Gasteiger charge is -2.29. The number of amides is 1. The number of carboxylic acid groups (broad SMARTS) is 1. The molecule has 0 aliphatic carbocycles. The zero-order valence-corrected chi connectivity index (χ0v) is 11.7. The SMILES string of the molecule is Cc1ccc(N2CCc3ccccc3C2=O)c(C(=O)O)c1. The molecule has 3 rings (SSSR count). The molecule has 0 saturated carbocycles. The molecule has 0 bridgehead atoms. The first-order valence-electron chi connectivity index (χ1n) is 6.81. The standard InChI is InChI=1S/C17H15NO3/c1-11-6-7-15(14(10-11)17(20)21)18-9-8-12-4-2-3-5-13(12)16(18)19/h2-7,10H,8-9H2,1H3,(H,20,21). The molecule has 0 atom stereocenters. The average Bonchev–Trinajstić information content (AvgIpc) is 2.48. The second-order valence-electron chi connectivity index (χ2n) is 5.19. The van der Waals surface area contributed by atoms with Crippen molar-refractivity contribution in [3.63, 3.8) is 0 Å². The number of fused-ring (bicyclic) bond motifs is 1. The van der Waals surface area contributed by atoms with E-state index in [2.05, 4.69) is 0 Å². The van der Waals surface area contributed by atoms with Gasteiger partial charge in [-0.2, -0.15) is 0 Å². The summed E-state index contributed by atoms with van der Waals surface area (Å²) in [5.41, 5.74) is 3.17. The fourth-order valence-corrected chi connectivity index (χ4v) is 2.71. The number of carbonyl (C=O) groups excluding carboxylic acids is 1. The zero-order chi connectivity index (χ0) is 15.0. The van der Waals surface area contributed by atoms with Gasteiger partial charge in [0, 0.05) is 12.1 Å². The van der Waals surface area contributed by atoms with Gasteiger partial charge in [0.1, 0.15) is 0 Å². The maximum atomic E-state index is 12.6. The highest BCUT2D eigenvalue weighted by atomic mass is 16.4. The first-order chi connectivity index (χ1) is 10.1. The summed E-state index contributed by atoms with van der Waals surface area (Å²) in [7, 11) is 0. The fraction of sp³-hybridized carbons (Fsp3) is 0.176. The van der Waals surface area contributed by atoms with Crippen molar-refractivity contribution >= 4 is 17.6 Å². The molecular formula is C17H15NO3. The second kappa shape index (κ2) is 5.05. The predicted molar refractivity (Wildman–Crippen MR) is 80.0 cm³/mol. The molecule has 2 aromatic carbocycles. The van der Waals surface area contributed by atoms with Crippen LogP contribution in [-0.4, -0.2) is 23.5 Å². The lowest BCUT2D eigenvalue weighted by atomic mass is 9.97. The maximum Gasteiger partial charge on any atom is 0.337 e. The number of hydrogen-bond acceptors (Lipinski definition) is 2. The normalized spacial score (nSPS) is 14.0. The molecule has 4 heteroatoms. The summed E-state index contributed by atoms with van der Waals surface area (Å²) in [6.07, 6.45) is 0.731. The lowest BCUT2D eigenvalue weighted by molar-refractivity contribution is 0.0697. The average molecular weight is 281 g/mol. The number of carbonyl (C=O) groups is 2. The predicted octanol–water partition coefficient (Wildman–Crippen LogP) is 2.90. The number of aromatic carboxylic acids is 1. The largest absolute Gasteiger partial charge is 0.478 e. The summed E-state index contributed by atoms with van der Waals surface area (Å²) in [4.78, 5) is 25.6. The molecule has 0 saturated heterocycles. The number of anilines is 1. The Labute approximate surface area is 122 Å². The maximum absolute atomic E-state index is 12.6. The van der Waals surface area contributed by atoms with E-state index in [0.717, 1.165) is 17.5 Å². The summed E-state index contributed by atoms with van der Waals surface area (Å²) in [5, 5.41) is 9.36. The van der Waals surface area contributed by atoms with Gasteiger partial charge in [-0.3, -0.25) is 4.79 Å². The van der Waals surface area contributed by atoms with E-state index >= 15 is 0 Å². The Morgan fingerprint density at radius 1 is 1.19 bits per heavy atom. The smallest absolute Gasteiger partial charge is 0.337 e. The van der Waals surface area contributed by atoms with E-state index in [-0.39, 0.29) is 11.5 Å². The van der Waals surface area contributed by atoms with E-state index in [1.807, 2.05) is 31.2 Å². The van der Waals surface area contributed by atoms with Gasteiger partial charge in [-0.25, -0.2) is 4.79 Å². The van der Waals surface area contributed by atoms with Crippen LogP contribution in [-0.2, 0) is 6.42 Å². The molecule has 106 valence electrons. The minimum absolute atomic E-state index is 0.136. The quantitative estimate of drug-likeness (QED) is 0.920. The number of carboxylic acids is 1. The summed E-state index contributed by atoms with van der Waals surface area (Å²) >= 11 is 0. The third-order valence-corrected chi connectivity index (χ3v) is 3.77. The number of hydrogen-bond donors (Lipinski definition) is 1. The molecule has 4 nitrogen and oxygen atoms in total. The van der Waals surface area contributed by atoms with Gasteiger partial charge in [0.15, 0.2) is 0 Å². The van der Waals surface area contributed by atoms with Crippen LogP contribution in [0.3, 0.4) is 0 Å². The number of benzene rings is 2. The van der Waals surface area contributed by atoms with Crippen molar-refractivity contribution in [2.75, 3.05) is 11.4 Å². The minimum Gasteiger partial charge on any atom is -0.478 e. The topological polar surface area (TPSA) is 57.6 Å². The summed E-state index contributed by atoms with van der Waals surface area (Å²) in [5.74, 6) is -1.15. The van der Waals surface area contributed by atoms with Crippen molar-refractivity contribution in [1.82, 2.24) is 0 Å². The first kappa shape index (κ1) is 13.4. The van der Waals surface area contributed by atoms with Gasteiger partial charge in [0.2, 0.25) is 0 Å². The van der Waals surface area contributed by atoms with Gasteiger partial charge in [-0.15, -0.1) is 0 Å². The summed E-state index contributed by atoms with van der Waals surface area (Å²) < 4.78 is 0. The van der Waals surface area contributed by atoms with Crippen molar-refractivity contribution in [2.24, 2.45) is 0 Å². The van der Waals surface area contributed by atoms with Crippen LogP contribution in [0.4, 0.5) is 5.69 Å². The van der Waals surface area contributed by atoms with Gasteiger partial charge < -0.3 is 10.0 Å². The fourth-order valence-electron chi connectivity index (χ4n) is 2.71. The van der Waals surface area contributed by atoms with Gasteiger partial charge in [-0.05, 0) is 37.1 Å². The van der Waals surface area contributed by atoms with E-state index < -0.39 is 5.97 Å². The van der Waals surface area contributed by atoms with Crippen LogP contribution in [0.5, 0.6) is 0 Å². The van der Waals surface area contributed by atoms with Gasteiger partial charge in [-0.1, -0.05) is 29.8 Å². The Bertz CT molecular complexity index is 737. The second-order valence-corrected chi connectivity index (χ2v) is 5.19. The van der Waals surface area contributed by atoms with Crippen molar-refractivity contribution < 1.29 is 14.7 Å². The van der Waals surface area contributed by atoms with Crippen molar-refractivity contribution in [3.05, 3.63) is 64.7 Å². The molecule has 1 aliphatic heterocycles. The van der Waals surface area contributed by atoms with Crippen LogP contribution in [0.15, 0.2) is 42.5 Å². The van der Waals surface area contributed by atoms with E-state index in [9.17, 15) is 14.7 Å². The van der Waals surface area contributed by atoms with Crippen LogP contribution in [0.2, 0.25) is 0 Å². The molecule has 0 fully saturated rings. The van der Waals surface area contributed by atoms with E-state index in [1.165, 1.54) is 0 Å². The Morgan fingerprint density at radius 3 is 2.71 bits per heavy atom. The monoisotopic (exact) mass is 281 g/mol. The highest BCUT2D eigenvalue weighted by molar-refractivity contribution is 6.11. The first-order valence-corrected chi connectivity index (χ1v) is 6.81. The number of rotatable bonds is 2. The third kappa shape index (κ3) is 2.29. The van der Waals surface area contributed by atoms with Crippen LogP contribution in [0, 0.1) is 6.92 Å². The van der Waals surface area contributed by atoms with E-state index in [0.29, 0.717) is 17.8 Å². The Kier molecular flexibility index (Phi) is 3.22. The molecule has 0 aromatic heterocycles. The number of nitrogens with zero attached hydrogens (tertiary/aromatic N) is 1. The molecular weight excluding hydrogens is 266 g/mol. The van der Waals surface area contributed by atoms with Crippen LogP contribution in [0.1, 0.15) is 31.8 Å². The van der Waals surface area contributed by atoms with Gasteiger partial charge >= 0.3 is 5.97 Å². The summed E-state index contributed by atoms with van der Waals surface area (Å²) in [6, 6.07) is 12.6. The van der Waals surface area contributed by atoms with Crippen LogP contribution in [0.25, 0.3) is 0 Å². The van der Waals surface area contributed by atoms with Crippen molar-refractivity contribution in [1.29, 1.82) is 0 Å². The van der Waals surface area contributed by atoms with Crippen molar-refractivity contribution in [2.45, 2.75) is 13.3 Å². The molecule has 0 radical (unpaired) electrons. The lowest BCUT2D eigenvalue weighted by Crippen LogP contribution is -2.38.